The first-order valence-electron chi connectivity index (χ1n) is 9.47. The zero-order valence-electron chi connectivity index (χ0n) is 16.2. The van der Waals surface area contributed by atoms with Crippen LogP contribution in [0.2, 0.25) is 0 Å². The van der Waals surface area contributed by atoms with Gasteiger partial charge >= 0.3 is 0 Å². The number of carbonyl (C=O) groups excluding carboxylic acids is 1. The normalized spacial score (nSPS) is 14.9. The summed E-state index contributed by atoms with van der Waals surface area (Å²) in [6.07, 6.45) is 0. The lowest BCUT2D eigenvalue weighted by molar-refractivity contribution is 0.0637. The van der Waals surface area contributed by atoms with Crippen LogP contribution in [0.5, 0.6) is 5.75 Å². The first-order valence-corrected chi connectivity index (χ1v) is 9.47. The molecule has 1 amide bonds. The van der Waals surface area contributed by atoms with Gasteiger partial charge in [-0.1, -0.05) is 19.1 Å². The van der Waals surface area contributed by atoms with Crippen LogP contribution >= 0.6 is 0 Å². The largest absolute Gasteiger partial charge is 0.492 e. The molecule has 1 saturated heterocycles. The molecular formula is C20H27N5O2. The number of aromatic nitrogens is 2. The quantitative estimate of drug-likeness (QED) is 0.844. The number of nitrogens with zero attached hydrogens (tertiary/aromatic N) is 4. The molecule has 144 valence electrons. The highest BCUT2D eigenvalue weighted by atomic mass is 16.5. The summed E-state index contributed by atoms with van der Waals surface area (Å²) in [5.74, 6) is 1.85. The van der Waals surface area contributed by atoms with Crippen LogP contribution in [-0.4, -0.2) is 65.0 Å². The van der Waals surface area contributed by atoms with Gasteiger partial charge in [-0.05, 0) is 32.5 Å². The topological polar surface area (TPSA) is 70.6 Å². The van der Waals surface area contributed by atoms with Crippen molar-refractivity contribution in [2.45, 2.75) is 20.8 Å². The molecule has 7 nitrogen and oxygen atoms in total. The molecule has 1 aromatic heterocycles. The van der Waals surface area contributed by atoms with Crippen LogP contribution in [0.4, 0.5) is 11.5 Å². The molecule has 0 bridgehead atoms. The number of carbonyl (C=O) groups is 1. The monoisotopic (exact) mass is 369 g/mol. The lowest BCUT2D eigenvalue weighted by Crippen LogP contribution is -2.48. The van der Waals surface area contributed by atoms with E-state index >= 15 is 0 Å². The molecule has 0 unspecified atom stereocenters. The summed E-state index contributed by atoms with van der Waals surface area (Å²) in [7, 11) is 0. The summed E-state index contributed by atoms with van der Waals surface area (Å²) in [6.45, 7) is 10.7. The molecule has 0 aliphatic carbocycles. The first-order chi connectivity index (χ1) is 13.1. The molecule has 0 atom stereocenters. The van der Waals surface area contributed by atoms with Gasteiger partial charge in [0.25, 0.3) is 5.91 Å². The van der Waals surface area contributed by atoms with E-state index in [1.165, 1.54) is 0 Å². The van der Waals surface area contributed by atoms with Crippen molar-refractivity contribution < 1.29 is 9.53 Å². The van der Waals surface area contributed by atoms with Crippen molar-refractivity contribution in [2.24, 2.45) is 0 Å². The SMILES string of the molecule is CCOc1ccccc1Nc1cc(C(=O)N2CCN(CC)CC2)nc(C)n1. The molecule has 0 saturated carbocycles. The van der Waals surface area contributed by atoms with E-state index in [-0.39, 0.29) is 5.91 Å². The van der Waals surface area contributed by atoms with Gasteiger partial charge in [0.1, 0.15) is 23.1 Å². The third-order valence-electron chi connectivity index (χ3n) is 4.61. The molecule has 2 heterocycles. The Labute approximate surface area is 160 Å². The Morgan fingerprint density at radius 2 is 1.89 bits per heavy atom. The van der Waals surface area contributed by atoms with Gasteiger partial charge in [-0.25, -0.2) is 9.97 Å². The van der Waals surface area contributed by atoms with Gasteiger partial charge in [0.2, 0.25) is 0 Å². The minimum absolute atomic E-state index is 0.0441. The van der Waals surface area contributed by atoms with Gasteiger partial charge < -0.3 is 19.9 Å². The minimum atomic E-state index is -0.0441. The van der Waals surface area contributed by atoms with E-state index < -0.39 is 0 Å². The number of piperazine rings is 1. The minimum Gasteiger partial charge on any atom is -0.492 e. The Balaban J connectivity index is 1.78. The summed E-state index contributed by atoms with van der Waals surface area (Å²) < 4.78 is 5.65. The third kappa shape index (κ3) is 4.74. The van der Waals surface area contributed by atoms with Crippen molar-refractivity contribution in [2.75, 3.05) is 44.6 Å². The molecule has 1 aliphatic heterocycles. The summed E-state index contributed by atoms with van der Waals surface area (Å²) in [5.41, 5.74) is 1.23. The van der Waals surface area contributed by atoms with Gasteiger partial charge in [-0.3, -0.25) is 4.79 Å². The van der Waals surface area contributed by atoms with E-state index in [0.717, 1.165) is 44.2 Å². The van der Waals surface area contributed by atoms with Crippen LogP contribution in [0, 0.1) is 6.92 Å². The number of benzene rings is 1. The van der Waals surface area contributed by atoms with Crippen LogP contribution in [0.1, 0.15) is 30.2 Å². The summed E-state index contributed by atoms with van der Waals surface area (Å²) >= 11 is 0. The number of amides is 1. The van der Waals surface area contributed by atoms with E-state index in [9.17, 15) is 4.79 Å². The Kier molecular flexibility index (Phi) is 6.24. The van der Waals surface area contributed by atoms with E-state index in [0.29, 0.717) is 23.9 Å². The fourth-order valence-corrected chi connectivity index (χ4v) is 3.16. The fourth-order valence-electron chi connectivity index (χ4n) is 3.16. The molecule has 0 radical (unpaired) electrons. The van der Waals surface area contributed by atoms with Gasteiger partial charge in [-0.15, -0.1) is 0 Å². The summed E-state index contributed by atoms with van der Waals surface area (Å²) in [5, 5.41) is 3.26. The highest BCUT2D eigenvalue weighted by molar-refractivity contribution is 5.93. The Bertz CT molecular complexity index is 788. The molecule has 1 N–H and O–H groups in total. The zero-order chi connectivity index (χ0) is 19.2. The first kappa shape index (κ1) is 19.1. The fraction of sp³-hybridized carbons (Fsp3) is 0.450. The predicted octanol–water partition coefficient (Wildman–Crippen LogP) is 2.71. The number of likely N-dealkylation sites (N-methyl/N-ethyl adjacent to an activating group) is 1. The van der Waals surface area contributed by atoms with Crippen molar-refractivity contribution >= 4 is 17.4 Å². The van der Waals surface area contributed by atoms with E-state index in [2.05, 4.69) is 27.1 Å². The zero-order valence-corrected chi connectivity index (χ0v) is 16.2. The second-order valence-corrected chi connectivity index (χ2v) is 6.47. The lowest BCUT2D eigenvalue weighted by Gasteiger charge is -2.33. The van der Waals surface area contributed by atoms with Crippen molar-refractivity contribution in [3.63, 3.8) is 0 Å². The van der Waals surface area contributed by atoms with E-state index in [4.69, 9.17) is 4.74 Å². The van der Waals surface area contributed by atoms with Crippen LogP contribution < -0.4 is 10.1 Å². The van der Waals surface area contributed by atoms with Crippen LogP contribution in [-0.2, 0) is 0 Å². The Morgan fingerprint density at radius 1 is 1.15 bits per heavy atom. The maximum Gasteiger partial charge on any atom is 0.272 e. The molecule has 7 heteroatoms. The highest BCUT2D eigenvalue weighted by Crippen LogP contribution is 2.27. The van der Waals surface area contributed by atoms with Gasteiger partial charge in [0.15, 0.2) is 0 Å². The molecular weight excluding hydrogens is 342 g/mol. The van der Waals surface area contributed by atoms with Crippen LogP contribution in [0.25, 0.3) is 0 Å². The molecule has 2 aromatic rings. The van der Waals surface area contributed by atoms with Crippen molar-refractivity contribution in [1.29, 1.82) is 0 Å². The standard InChI is InChI=1S/C20H27N5O2/c1-4-24-10-12-25(13-11-24)20(26)17-14-19(22-15(3)21-17)23-16-8-6-7-9-18(16)27-5-2/h6-9,14H,4-5,10-13H2,1-3H3,(H,21,22,23). The maximum absolute atomic E-state index is 12.9. The average Bonchev–Trinajstić information content (AvgIpc) is 2.69. The number of nitrogens with one attached hydrogen (secondary N) is 1. The molecule has 1 aliphatic rings. The van der Waals surface area contributed by atoms with Crippen molar-refractivity contribution in [1.82, 2.24) is 19.8 Å². The van der Waals surface area contributed by atoms with Crippen LogP contribution in [0.15, 0.2) is 30.3 Å². The number of para-hydroxylation sites is 2. The summed E-state index contributed by atoms with van der Waals surface area (Å²) in [4.78, 5) is 25.9. The van der Waals surface area contributed by atoms with Gasteiger partial charge in [0, 0.05) is 32.2 Å². The second-order valence-electron chi connectivity index (χ2n) is 6.47. The number of rotatable bonds is 6. The summed E-state index contributed by atoms with van der Waals surface area (Å²) in [6, 6.07) is 9.39. The molecule has 1 aromatic carbocycles. The predicted molar refractivity (Wildman–Crippen MR) is 106 cm³/mol. The van der Waals surface area contributed by atoms with E-state index in [1.54, 1.807) is 13.0 Å². The Morgan fingerprint density at radius 3 is 2.59 bits per heavy atom. The Hall–Kier alpha value is -2.67. The molecule has 1 fully saturated rings. The van der Waals surface area contributed by atoms with E-state index in [1.807, 2.05) is 36.1 Å². The third-order valence-corrected chi connectivity index (χ3v) is 4.61. The lowest BCUT2D eigenvalue weighted by atomic mass is 10.2. The molecule has 27 heavy (non-hydrogen) atoms. The van der Waals surface area contributed by atoms with Crippen molar-refractivity contribution in [3.05, 3.63) is 41.9 Å². The van der Waals surface area contributed by atoms with Crippen molar-refractivity contribution in [3.8, 4) is 5.75 Å². The van der Waals surface area contributed by atoms with Gasteiger partial charge in [-0.2, -0.15) is 0 Å². The maximum atomic E-state index is 12.9. The number of hydrogen-bond acceptors (Lipinski definition) is 6. The molecule has 3 rings (SSSR count). The van der Waals surface area contributed by atoms with Gasteiger partial charge in [0.05, 0.1) is 12.3 Å². The van der Waals surface area contributed by atoms with Crippen LogP contribution in [0.3, 0.4) is 0 Å². The average molecular weight is 369 g/mol. The number of ether oxygens (including phenoxy) is 1. The second kappa shape index (κ2) is 8.81. The number of anilines is 2. The number of aryl methyl sites for hydroxylation is 1. The molecule has 0 spiro atoms. The number of hydrogen-bond donors (Lipinski definition) is 1. The smallest absolute Gasteiger partial charge is 0.272 e. The highest BCUT2D eigenvalue weighted by Gasteiger charge is 2.23.